The molecule has 0 saturated heterocycles. The maximum absolute atomic E-state index is 12.3. The monoisotopic (exact) mass is 348 g/mol. The molecule has 0 unspecified atom stereocenters. The van der Waals surface area contributed by atoms with Gasteiger partial charge in [-0.1, -0.05) is 24.6 Å². The van der Waals surface area contributed by atoms with Crippen molar-refractivity contribution >= 4 is 56.3 Å². The molecule has 7 heteroatoms. The maximum atomic E-state index is 12.3. The van der Waals surface area contributed by atoms with E-state index in [0.29, 0.717) is 23.0 Å². The van der Waals surface area contributed by atoms with Crippen LogP contribution < -0.4 is 5.32 Å². The SMILES string of the molecule is CCC1=C(Cl)N=C(C(=O)Nc2ccc3cc(C(=O)O)sc3c2)C1. The Labute approximate surface area is 141 Å². The molecule has 1 aliphatic rings. The number of carbonyl (C=O) groups excluding carboxylic acids is 1. The van der Waals surface area contributed by atoms with E-state index >= 15 is 0 Å². The zero-order chi connectivity index (χ0) is 16.6. The van der Waals surface area contributed by atoms with Gasteiger partial charge in [-0.25, -0.2) is 9.79 Å². The molecule has 1 aromatic carbocycles. The molecular weight excluding hydrogens is 336 g/mol. The van der Waals surface area contributed by atoms with E-state index in [-0.39, 0.29) is 10.8 Å². The Kier molecular flexibility index (Phi) is 4.19. The van der Waals surface area contributed by atoms with Crippen molar-refractivity contribution in [2.75, 3.05) is 5.32 Å². The van der Waals surface area contributed by atoms with Crippen molar-refractivity contribution in [1.82, 2.24) is 0 Å². The summed E-state index contributed by atoms with van der Waals surface area (Å²) >= 11 is 7.16. The van der Waals surface area contributed by atoms with Gasteiger partial charge < -0.3 is 10.4 Å². The molecule has 1 amide bonds. The Morgan fingerprint density at radius 1 is 1.39 bits per heavy atom. The van der Waals surface area contributed by atoms with Gasteiger partial charge in [-0.15, -0.1) is 11.3 Å². The highest BCUT2D eigenvalue weighted by molar-refractivity contribution is 7.20. The number of amides is 1. The Morgan fingerprint density at radius 3 is 2.83 bits per heavy atom. The van der Waals surface area contributed by atoms with Gasteiger partial charge in [0.1, 0.15) is 15.7 Å². The Morgan fingerprint density at radius 2 is 2.17 bits per heavy atom. The first-order chi connectivity index (χ1) is 11.0. The average molecular weight is 349 g/mol. The highest BCUT2D eigenvalue weighted by atomic mass is 35.5. The number of halogens is 1. The van der Waals surface area contributed by atoms with E-state index in [0.717, 1.165) is 22.1 Å². The lowest BCUT2D eigenvalue weighted by atomic mass is 10.1. The molecule has 0 spiro atoms. The fraction of sp³-hybridized carbons (Fsp3) is 0.188. The number of nitrogens with zero attached hydrogens (tertiary/aromatic N) is 1. The van der Waals surface area contributed by atoms with Crippen molar-refractivity contribution in [2.24, 2.45) is 4.99 Å². The molecule has 2 aromatic rings. The van der Waals surface area contributed by atoms with Crippen LogP contribution in [0, 0.1) is 0 Å². The van der Waals surface area contributed by atoms with Gasteiger partial charge in [0.25, 0.3) is 5.91 Å². The van der Waals surface area contributed by atoms with Crippen LogP contribution in [0.1, 0.15) is 29.4 Å². The molecule has 0 saturated carbocycles. The van der Waals surface area contributed by atoms with E-state index in [1.807, 2.05) is 6.92 Å². The lowest BCUT2D eigenvalue weighted by Crippen LogP contribution is -2.21. The van der Waals surface area contributed by atoms with Gasteiger partial charge in [0.2, 0.25) is 0 Å². The number of rotatable bonds is 4. The van der Waals surface area contributed by atoms with E-state index in [1.54, 1.807) is 24.3 Å². The number of aromatic carboxylic acids is 1. The number of hydrogen-bond donors (Lipinski definition) is 2. The summed E-state index contributed by atoms with van der Waals surface area (Å²) in [6.07, 6.45) is 1.23. The lowest BCUT2D eigenvalue weighted by Gasteiger charge is -2.05. The zero-order valence-corrected chi connectivity index (χ0v) is 13.8. The maximum Gasteiger partial charge on any atom is 0.345 e. The molecular formula is C16H13ClN2O3S. The van der Waals surface area contributed by atoms with Gasteiger partial charge in [0, 0.05) is 16.8 Å². The fourth-order valence-electron chi connectivity index (χ4n) is 2.33. The predicted molar refractivity (Wildman–Crippen MR) is 92.6 cm³/mol. The average Bonchev–Trinajstić information content (AvgIpc) is 3.10. The molecule has 3 rings (SSSR count). The smallest absolute Gasteiger partial charge is 0.345 e. The molecule has 0 bridgehead atoms. The number of carboxylic acids is 1. The highest BCUT2D eigenvalue weighted by Gasteiger charge is 2.21. The molecule has 1 aromatic heterocycles. The van der Waals surface area contributed by atoms with Gasteiger partial charge in [0.15, 0.2) is 0 Å². The van der Waals surface area contributed by atoms with Gasteiger partial charge in [-0.2, -0.15) is 0 Å². The molecule has 0 atom stereocenters. The number of benzene rings is 1. The molecule has 23 heavy (non-hydrogen) atoms. The molecule has 2 heterocycles. The largest absolute Gasteiger partial charge is 0.477 e. The second-order valence-electron chi connectivity index (χ2n) is 5.11. The summed E-state index contributed by atoms with van der Waals surface area (Å²) in [7, 11) is 0. The number of fused-ring (bicyclic) bond motifs is 1. The third kappa shape index (κ3) is 3.13. The third-order valence-corrected chi connectivity index (χ3v) is 5.02. The first-order valence-corrected chi connectivity index (χ1v) is 8.20. The molecule has 0 fully saturated rings. The van der Waals surface area contributed by atoms with Crippen molar-refractivity contribution in [3.63, 3.8) is 0 Å². The first kappa shape index (κ1) is 15.7. The van der Waals surface area contributed by atoms with Crippen molar-refractivity contribution in [1.29, 1.82) is 0 Å². The number of hydrogen-bond acceptors (Lipinski definition) is 4. The van der Waals surface area contributed by atoms with E-state index in [4.69, 9.17) is 16.7 Å². The lowest BCUT2D eigenvalue weighted by molar-refractivity contribution is -0.110. The van der Waals surface area contributed by atoms with Crippen LogP contribution in [0.15, 0.2) is 40.0 Å². The van der Waals surface area contributed by atoms with Crippen molar-refractivity contribution < 1.29 is 14.7 Å². The van der Waals surface area contributed by atoms with Gasteiger partial charge in [-0.05, 0) is 35.6 Å². The minimum atomic E-state index is -0.954. The van der Waals surface area contributed by atoms with Gasteiger partial charge in [0.05, 0.1) is 0 Å². The molecule has 0 aliphatic carbocycles. The van der Waals surface area contributed by atoms with Gasteiger partial charge in [-0.3, -0.25) is 4.79 Å². The number of anilines is 1. The first-order valence-electron chi connectivity index (χ1n) is 7.01. The van der Waals surface area contributed by atoms with Crippen LogP contribution >= 0.6 is 22.9 Å². The van der Waals surface area contributed by atoms with E-state index in [1.165, 1.54) is 11.3 Å². The number of nitrogens with one attached hydrogen (secondary N) is 1. The summed E-state index contributed by atoms with van der Waals surface area (Å²) in [6, 6.07) is 6.90. The normalized spacial score (nSPS) is 14.3. The van der Waals surface area contributed by atoms with Crippen molar-refractivity contribution in [3.8, 4) is 0 Å². The quantitative estimate of drug-likeness (QED) is 0.811. The summed E-state index contributed by atoms with van der Waals surface area (Å²) in [4.78, 5) is 27.6. The Bertz CT molecular complexity index is 883. The number of thiophene rings is 1. The van der Waals surface area contributed by atoms with Crippen molar-refractivity contribution in [3.05, 3.63) is 39.9 Å². The van der Waals surface area contributed by atoms with Crippen LogP contribution in [0.3, 0.4) is 0 Å². The summed E-state index contributed by atoms with van der Waals surface area (Å²) in [6.45, 7) is 1.97. The second-order valence-corrected chi connectivity index (χ2v) is 6.55. The number of carbonyl (C=O) groups is 2. The van der Waals surface area contributed by atoms with E-state index < -0.39 is 5.97 Å². The third-order valence-electron chi connectivity index (χ3n) is 3.58. The Hall–Kier alpha value is -2.18. The van der Waals surface area contributed by atoms with Crippen LogP contribution in [0.25, 0.3) is 10.1 Å². The van der Waals surface area contributed by atoms with Crippen molar-refractivity contribution in [2.45, 2.75) is 19.8 Å². The second kappa shape index (κ2) is 6.14. The van der Waals surface area contributed by atoms with Crippen LogP contribution in [-0.4, -0.2) is 22.7 Å². The molecule has 2 N–H and O–H groups in total. The van der Waals surface area contributed by atoms with Crippen LogP contribution in [0.4, 0.5) is 5.69 Å². The summed E-state index contributed by atoms with van der Waals surface area (Å²) < 4.78 is 0.805. The summed E-state index contributed by atoms with van der Waals surface area (Å²) in [5.41, 5.74) is 1.95. The van der Waals surface area contributed by atoms with Gasteiger partial charge >= 0.3 is 5.97 Å². The zero-order valence-electron chi connectivity index (χ0n) is 12.2. The highest BCUT2D eigenvalue weighted by Crippen LogP contribution is 2.29. The van der Waals surface area contributed by atoms with Crippen LogP contribution in [0.5, 0.6) is 0 Å². The van der Waals surface area contributed by atoms with Crippen LogP contribution in [-0.2, 0) is 4.79 Å². The van der Waals surface area contributed by atoms with E-state index in [9.17, 15) is 9.59 Å². The standard InChI is InChI=1S/C16H13ClN2O3S/c1-2-8-5-11(19-14(8)17)15(20)18-10-4-3-9-6-13(16(21)22)23-12(9)7-10/h3-4,6-7H,2,5H2,1H3,(H,18,20)(H,21,22). The number of aliphatic imine (C=N–C) groups is 1. The minimum absolute atomic E-state index is 0.271. The molecule has 5 nitrogen and oxygen atoms in total. The topological polar surface area (TPSA) is 78.8 Å². The minimum Gasteiger partial charge on any atom is -0.477 e. The Balaban J connectivity index is 1.78. The summed E-state index contributed by atoms with van der Waals surface area (Å²) in [5.74, 6) is -1.24. The summed E-state index contributed by atoms with van der Waals surface area (Å²) in [5, 5.41) is 13.0. The molecule has 1 aliphatic heterocycles. The fourth-order valence-corrected chi connectivity index (χ4v) is 3.57. The molecule has 0 radical (unpaired) electrons. The predicted octanol–water partition coefficient (Wildman–Crippen LogP) is 4.24. The number of allylic oxidation sites excluding steroid dienone is 1. The molecule has 118 valence electrons. The number of carboxylic acid groups (broad SMARTS) is 1. The van der Waals surface area contributed by atoms with E-state index in [2.05, 4.69) is 10.3 Å². The van der Waals surface area contributed by atoms with Crippen LogP contribution in [0.2, 0.25) is 0 Å².